The van der Waals surface area contributed by atoms with Gasteiger partial charge >= 0.3 is 0 Å². The summed E-state index contributed by atoms with van der Waals surface area (Å²) < 4.78 is 38.3. The Hall–Kier alpha value is -3.16. The molecule has 0 heterocycles. The Balaban J connectivity index is 1.98. The molecule has 0 unspecified atom stereocenters. The van der Waals surface area contributed by atoms with Crippen LogP contribution in [0.1, 0.15) is 12.5 Å². The summed E-state index contributed by atoms with van der Waals surface area (Å²) >= 11 is 0. The normalized spacial score (nSPS) is 10.3. The fourth-order valence-electron chi connectivity index (χ4n) is 2.68. The number of benzene rings is 2. The summed E-state index contributed by atoms with van der Waals surface area (Å²) in [7, 11) is 3.07. The van der Waals surface area contributed by atoms with E-state index in [0.29, 0.717) is 17.9 Å². The van der Waals surface area contributed by atoms with Crippen LogP contribution in [0.4, 0.5) is 14.5 Å². The van der Waals surface area contributed by atoms with Gasteiger partial charge in [0.15, 0.2) is 11.5 Å². The minimum absolute atomic E-state index is 0.278. The van der Waals surface area contributed by atoms with E-state index in [1.54, 1.807) is 12.1 Å². The summed E-state index contributed by atoms with van der Waals surface area (Å²) in [4.78, 5) is 24.7. The molecule has 0 spiro atoms. The Morgan fingerprint density at radius 2 is 1.68 bits per heavy atom. The highest BCUT2D eigenvalue weighted by atomic mass is 19.1. The number of nitrogens with zero attached hydrogens (tertiary/aromatic N) is 1. The van der Waals surface area contributed by atoms with Crippen LogP contribution in [0.25, 0.3) is 0 Å². The van der Waals surface area contributed by atoms with Crippen LogP contribution in [0, 0.1) is 11.6 Å². The quantitative estimate of drug-likeness (QED) is 0.750. The van der Waals surface area contributed by atoms with E-state index in [4.69, 9.17) is 9.47 Å². The zero-order chi connectivity index (χ0) is 20.7. The summed E-state index contributed by atoms with van der Waals surface area (Å²) in [6.45, 7) is 0.932. The monoisotopic (exact) mass is 392 g/mol. The maximum absolute atomic E-state index is 13.9. The molecule has 0 aromatic heterocycles. The van der Waals surface area contributed by atoms with Gasteiger partial charge in [-0.2, -0.15) is 0 Å². The molecule has 0 bridgehead atoms. The zero-order valence-corrected chi connectivity index (χ0v) is 15.9. The second kappa shape index (κ2) is 9.68. The van der Waals surface area contributed by atoms with E-state index in [2.05, 4.69) is 5.32 Å². The topological polar surface area (TPSA) is 67.9 Å². The van der Waals surface area contributed by atoms with Crippen LogP contribution < -0.4 is 19.7 Å². The van der Waals surface area contributed by atoms with E-state index in [1.807, 2.05) is 6.07 Å². The van der Waals surface area contributed by atoms with Gasteiger partial charge in [0.2, 0.25) is 11.8 Å². The Morgan fingerprint density at radius 3 is 2.25 bits per heavy atom. The maximum atomic E-state index is 13.9. The number of nitrogens with one attached hydrogen (secondary N) is 1. The van der Waals surface area contributed by atoms with Gasteiger partial charge in [-0.05, 0) is 36.2 Å². The predicted octanol–water partition coefficient (Wildman–Crippen LogP) is 2.69. The van der Waals surface area contributed by atoms with E-state index >= 15 is 0 Å². The first-order valence-electron chi connectivity index (χ1n) is 8.57. The Labute approximate surface area is 162 Å². The van der Waals surface area contributed by atoms with Gasteiger partial charge in [0.1, 0.15) is 23.9 Å². The molecule has 0 aliphatic heterocycles. The molecule has 6 nitrogen and oxygen atoms in total. The number of para-hydroxylation sites is 1. The van der Waals surface area contributed by atoms with Crippen LogP contribution in [0.5, 0.6) is 11.5 Å². The van der Waals surface area contributed by atoms with Crippen LogP contribution >= 0.6 is 0 Å². The molecule has 2 rings (SSSR count). The first-order chi connectivity index (χ1) is 13.4. The van der Waals surface area contributed by atoms with Crippen molar-refractivity contribution >= 4 is 17.5 Å². The lowest BCUT2D eigenvalue weighted by atomic mass is 10.1. The molecule has 0 aliphatic rings. The molecule has 8 heteroatoms. The highest BCUT2D eigenvalue weighted by Crippen LogP contribution is 2.27. The number of hydrogen-bond donors (Lipinski definition) is 1. The smallest absolute Gasteiger partial charge is 0.240 e. The molecule has 2 amide bonds. The number of amides is 2. The second-order valence-corrected chi connectivity index (χ2v) is 5.96. The first-order valence-corrected chi connectivity index (χ1v) is 8.57. The van der Waals surface area contributed by atoms with Crippen molar-refractivity contribution < 1.29 is 27.8 Å². The van der Waals surface area contributed by atoms with Crippen LogP contribution in [-0.4, -0.2) is 39.1 Å². The van der Waals surface area contributed by atoms with Crippen molar-refractivity contribution in [3.8, 4) is 11.5 Å². The molecule has 0 saturated carbocycles. The van der Waals surface area contributed by atoms with Gasteiger partial charge in [-0.15, -0.1) is 0 Å². The summed E-state index contributed by atoms with van der Waals surface area (Å²) in [6.07, 6.45) is 0.500. The highest BCUT2D eigenvalue weighted by molar-refractivity contribution is 5.97. The number of methoxy groups -OCH3 is 2. The number of rotatable bonds is 8. The van der Waals surface area contributed by atoms with Crippen LogP contribution in [0.15, 0.2) is 36.4 Å². The van der Waals surface area contributed by atoms with E-state index in [-0.39, 0.29) is 6.54 Å². The van der Waals surface area contributed by atoms with Crippen molar-refractivity contribution in [1.82, 2.24) is 5.32 Å². The third-order valence-corrected chi connectivity index (χ3v) is 4.07. The van der Waals surface area contributed by atoms with Crippen LogP contribution in [-0.2, 0) is 16.0 Å². The average Bonchev–Trinajstić information content (AvgIpc) is 2.66. The van der Waals surface area contributed by atoms with Gasteiger partial charge in [-0.3, -0.25) is 14.5 Å². The molecular formula is C20H22F2N2O4. The van der Waals surface area contributed by atoms with Gasteiger partial charge in [0, 0.05) is 13.5 Å². The molecule has 0 atom stereocenters. The minimum atomic E-state index is -0.909. The van der Waals surface area contributed by atoms with Crippen molar-refractivity contribution in [2.75, 3.05) is 32.2 Å². The molecule has 0 radical (unpaired) electrons. The minimum Gasteiger partial charge on any atom is -0.493 e. The van der Waals surface area contributed by atoms with Crippen LogP contribution in [0.2, 0.25) is 0 Å². The fraction of sp³-hybridized carbons (Fsp3) is 0.300. The van der Waals surface area contributed by atoms with Crippen molar-refractivity contribution in [3.05, 3.63) is 53.6 Å². The number of halogens is 2. The molecule has 0 aliphatic carbocycles. The van der Waals surface area contributed by atoms with Crippen molar-refractivity contribution in [1.29, 1.82) is 0 Å². The summed E-state index contributed by atoms with van der Waals surface area (Å²) in [6, 6.07) is 8.64. The number of hydrogen-bond acceptors (Lipinski definition) is 4. The first kappa shape index (κ1) is 21.1. The number of ether oxygens (including phenoxy) is 2. The Bertz CT molecular complexity index is 838. The molecule has 0 saturated heterocycles. The van der Waals surface area contributed by atoms with Crippen molar-refractivity contribution in [2.24, 2.45) is 0 Å². The average molecular weight is 392 g/mol. The Morgan fingerprint density at radius 1 is 1.04 bits per heavy atom. The SMILES string of the molecule is COc1ccc(CCNC(=O)CN(C(C)=O)c2c(F)cccc2F)cc1OC. The number of carbonyl (C=O) groups is 2. The molecular weight excluding hydrogens is 370 g/mol. The van der Waals surface area contributed by atoms with Gasteiger partial charge in [-0.1, -0.05) is 12.1 Å². The third kappa shape index (κ3) is 5.18. The summed E-state index contributed by atoms with van der Waals surface area (Å²) in [5.41, 5.74) is 0.367. The Kier molecular flexibility index (Phi) is 7.31. The molecule has 1 N–H and O–H groups in total. The van der Waals surface area contributed by atoms with E-state index in [9.17, 15) is 18.4 Å². The number of carbonyl (C=O) groups excluding carboxylic acids is 2. The highest BCUT2D eigenvalue weighted by Gasteiger charge is 2.22. The van der Waals surface area contributed by atoms with Crippen molar-refractivity contribution in [3.63, 3.8) is 0 Å². The summed E-state index contributed by atoms with van der Waals surface area (Å²) in [5.74, 6) is -1.82. The number of anilines is 1. The van der Waals surface area contributed by atoms with E-state index in [1.165, 1.54) is 20.3 Å². The maximum Gasteiger partial charge on any atom is 0.240 e. The largest absolute Gasteiger partial charge is 0.493 e. The van der Waals surface area contributed by atoms with Gasteiger partial charge in [0.05, 0.1) is 14.2 Å². The lowest BCUT2D eigenvalue weighted by Gasteiger charge is -2.21. The molecule has 2 aromatic carbocycles. The second-order valence-electron chi connectivity index (χ2n) is 5.96. The predicted molar refractivity (Wildman–Crippen MR) is 101 cm³/mol. The molecule has 0 fully saturated rings. The van der Waals surface area contributed by atoms with Crippen LogP contribution in [0.3, 0.4) is 0 Å². The molecule has 150 valence electrons. The lowest BCUT2D eigenvalue weighted by Crippen LogP contribution is -2.41. The van der Waals surface area contributed by atoms with E-state index in [0.717, 1.165) is 29.5 Å². The molecule has 28 heavy (non-hydrogen) atoms. The van der Waals surface area contributed by atoms with Gasteiger partial charge in [-0.25, -0.2) is 8.78 Å². The van der Waals surface area contributed by atoms with E-state index < -0.39 is 35.7 Å². The third-order valence-electron chi connectivity index (χ3n) is 4.07. The standard InChI is InChI=1S/C20H22F2N2O4/c1-13(25)24(20-15(21)5-4-6-16(20)22)12-19(26)23-10-9-14-7-8-17(27-2)18(11-14)28-3/h4-8,11H,9-10,12H2,1-3H3,(H,23,26). The summed E-state index contributed by atoms with van der Waals surface area (Å²) in [5, 5.41) is 2.64. The molecule has 2 aromatic rings. The fourth-order valence-corrected chi connectivity index (χ4v) is 2.68. The zero-order valence-electron chi connectivity index (χ0n) is 15.9. The van der Waals surface area contributed by atoms with Gasteiger partial charge in [0.25, 0.3) is 0 Å². The van der Waals surface area contributed by atoms with Crippen molar-refractivity contribution in [2.45, 2.75) is 13.3 Å². The van der Waals surface area contributed by atoms with Gasteiger partial charge < -0.3 is 14.8 Å². The lowest BCUT2D eigenvalue weighted by molar-refractivity contribution is -0.123.